The molecule has 0 saturated heterocycles. The average Bonchev–Trinajstić information content (AvgIpc) is 2.96. The minimum Gasteiger partial charge on any atom is -0.480 e. The third kappa shape index (κ3) is 5.45. The number of nitrogens with one attached hydrogen (secondary N) is 1. The van der Waals surface area contributed by atoms with Gasteiger partial charge >= 0.3 is 12.2 Å². The molecule has 2 atom stereocenters. The summed E-state index contributed by atoms with van der Waals surface area (Å²) in [6, 6.07) is -1.26. The first-order valence-corrected chi connectivity index (χ1v) is 6.87. The van der Waals surface area contributed by atoms with Gasteiger partial charge in [0.25, 0.3) is 0 Å². The number of carbonyl (C=O) groups is 3. The fourth-order valence-corrected chi connectivity index (χ4v) is 2.42. The maximum absolute atomic E-state index is 11.8. The van der Waals surface area contributed by atoms with Gasteiger partial charge in [0.1, 0.15) is 12.1 Å². The summed E-state index contributed by atoms with van der Waals surface area (Å²) in [6.45, 7) is 0. The molecule has 1 aliphatic rings. The molecule has 1 aliphatic carbocycles. The van der Waals surface area contributed by atoms with Crippen molar-refractivity contribution in [1.29, 1.82) is 0 Å². The summed E-state index contributed by atoms with van der Waals surface area (Å²) in [5.41, 5.74) is 8.18. The zero-order valence-corrected chi connectivity index (χ0v) is 11.6. The van der Waals surface area contributed by atoms with Crippen LogP contribution < -0.4 is 5.32 Å². The van der Waals surface area contributed by atoms with Crippen LogP contribution in [-0.4, -0.2) is 51.0 Å². The quantitative estimate of drug-likeness (QED) is 0.322. The molecule has 0 bridgehead atoms. The Morgan fingerprint density at radius 1 is 1.33 bits per heavy atom. The van der Waals surface area contributed by atoms with Crippen LogP contribution in [0.3, 0.4) is 0 Å². The van der Waals surface area contributed by atoms with Gasteiger partial charge in [-0.2, -0.15) is 4.79 Å². The van der Waals surface area contributed by atoms with Crippen molar-refractivity contribution in [2.75, 3.05) is 0 Å². The van der Waals surface area contributed by atoms with E-state index in [4.69, 9.17) is 10.6 Å². The minimum absolute atomic E-state index is 0.136. The molecule has 1 fully saturated rings. The minimum atomic E-state index is -1.28. The standard InChI is InChI=1S/C13H19N3O5/c14-15-7-9(17)5-6-10(13(20)21)16-12(19)11(18)8-3-1-2-4-8/h7-8,10-11,18H,1-6H2,(H,16,19)(H,20,21). The Balaban J connectivity index is 2.52. The zero-order valence-electron chi connectivity index (χ0n) is 11.6. The topological polar surface area (TPSA) is 140 Å². The molecule has 0 aromatic carbocycles. The maximum Gasteiger partial charge on any atom is 0.326 e. The van der Waals surface area contributed by atoms with E-state index in [1.54, 1.807) is 0 Å². The molecular weight excluding hydrogens is 278 g/mol. The van der Waals surface area contributed by atoms with Gasteiger partial charge < -0.3 is 21.1 Å². The highest BCUT2D eigenvalue weighted by Crippen LogP contribution is 2.27. The summed E-state index contributed by atoms with van der Waals surface area (Å²) in [5, 5.41) is 21.1. The monoisotopic (exact) mass is 297 g/mol. The van der Waals surface area contributed by atoms with E-state index < -0.39 is 29.8 Å². The number of Topliss-reactive ketones (excluding diaryl/α,β-unsaturated/α-hetero) is 1. The molecule has 3 N–H and O–H groups in total. The molecule has 1 amide bonds. The number of rotatable bonds is 8. The van der Waals surface area contributed by atoms with Crippen LogP contribution in [0.5, 0.6) is 0 Å². The number of hydrogen-bond donors (Lipinski definition) is 3. The van der Waals surface area contributed by atoms with Crippen LogP contribution >= 0.6 is 0 Å². The summed E-state index contributed by atoms with van der Waals surface area (Å²) in [7, 11) is 0. The number of carboxylic acid groups (broad SMARTS) is 1. The Morgan fingerprint density at radius 2 is 1.95 bits per heavy atom. The Bertz CT molecular complexity index is 453. The van der Waals surface area contributed by atoms with Gasteiger partial charge in [0.15, 0.2) is 0 Å². The van der Waals surface area contributed by atoms with E-state index in [9.17, 15) is 19.5 Å². The fraction of sp³-hybridized carbons (Fsp3) is 0.692. The van der Waals surface area contributed by atoms with Gasteiger partial charge in [-0.05, 0) is 25.2 Å². The van der Waals surface area contributed by atoms with Crippen LogP contribution in [0, 0.1) is 5.92 Å². The van der Waals surface area contributed by atoms with E-state index in [0.717, 1.165) is 25.7 Å². The smallest absolute Gasteiger partial charge is 0.326 e. The molecule has 0 radical (unpaired) electrons. The van der Waals surface area contributed by atoms with Crippen LogP contribution in [0.1, 0.15) is 38.5 Å². The Labute approximate surface area is 121 Å². The number of nitrogens with zero attached hydrogens (tertiary/aromatic N) is 2. The number of amides is 1. The molecule has 8 heteroatoms. The number of aliphatic hydroxyl groups excluding tert-OH is 1. The summed E-state index contributed by atoms with van der Waals surface area (Å²) in [6.07, 6.45) is 2.54. The van der Waals surface area contributed by atoms with Crippen LogP contribution in [0.4, 0.5) is 0 Å². The van der Waals surface area contributed by atoms with Gasteiger partial charge in [-0.1, -0.05) is 12.8 Å². The predicted octanol–water partition coefficient (Wildman–Crippen LogP) is -0.243. The first kappa shape index (κ1) is 17.0. The molecule has 0 heterocycles. The Hall–Kier alpha value is -2.05. The molecule has 1 rings (SSSR count). The number of carbonyl (C=O) groups excluding carboxylic acids is 2. The molecule has 116 valence electrons. The van der Waals surface area contributed by atoms with Crippen molar-refractivity contribution in [3.8, 4) is 0 Å². The molecular formula is C13H19N3O5. The lowest BCUT2D eigenvalue weighted by atomic mass is 9.99. The van der Waals surface area contributed by atoms with Crippen molar-refractivity contribution in [3.63, 3.8) is 0 Å². The lowest BCUT2D eigenvalue weighted by Crippen LogP contribution is -2.47. The summed E-state index contributed by atoms with van der Waals surface area (Å²) in [5.74, 6) is -2.69. The SMILES string of the molecule is [N-]=[N+]=CC(=O)CCC(NC(=O)C(O)C1CCCC1)C(=O)O. The molecule has 0 aliphatic heterocycles. The number of hydrogen-bond acceptors (Lipinski definition) is 4. The summed E-state index contributed by atoms with van der Waals surface area (Å²) >= 11 is 0. The van der Waals surface area contributed by atoms with Crippen molar-refractivity contribution < 1.29 is 29.4 Å². The fourth-order valence-electron chi connectivity index (χ4n) is 2.42. The number of carboxylic acids is 1. The average molecular weight is 297 g/mol. The van der Waals surface area contributed by atoms with Gasteiger partial charge in [-0.3, -0.25) is 9.59 Å². The Kier molecular flexibility index (Phi) is 6.71. The number of aliphatic carboxylic acids is 1. The van der Waals surface area contributed by atoms with E-state index in [1.807, 2.05) is 0 Å². The summed E-state index contributed by atoms with van der Waals surface area (Å²) < 4.78 is 0. The first-order chi connectivity index (χ1) is 9.95. The van der Waals surface area contributed by atoms with Crippen molar-refractivity contribution in [2.45, 2.75) is 50.7 Å². The van der Waals surface area contributed by atoms with E-state index in [-0.39, 0.29) is 18.8 Å². The third-order valence-electron chi connectivity index (χ3n) is 3.61. The molecule has 2 unspecified atom stereocenters. The van der Waals surface area contributed by atoms with Crippen molar-refractivity contribution in [3.05, 3.63) is 5.53 Å². The highest BCUT2D eigenvalue weighted by Gasteiger charge is 2.31. The number of aliphatic hydroxyl groups is 1. The van der Waals surface area contributed by atoms with Crippen LogP contribution in [-0.2, 0) is 14.4 Å². The third-order valence-corrected chi connectivity index (χ3v) is 3.61. The maximum atomic E-state index is 11.8. The van der Waals surface area contributed by atoms with Crippen molar-refractivity contribution in [1.82, 2.24) is 5.32 Å². The van der Waals surface area contributed by atoms with Crippen LogP contribution in [0.15, 0.2) is 0 Å². The second-order valence-electron chi connectivity index (χ2n) is 5.14. The molecule has 8 nitrogen and oxygen atoms in total. The lowest BCUT2D eigenvalue weighted by Gasteiger charge is -2.20. The predicted molar refractivity (Wildman–Crippen MR) is 71.5 cm³/mol. The van der Waals surface area contributed by atoms with Crippen LogP contribution in [0.25, 0.3) is 5.53 Å². The number of ketones is 1. The van der Waals surface area contributed by atoms with Gasteiger partial charge in [0.2, 0.25) is 11.7 Å². The molecule has 0 spiro atoms. The second kappa shape index (κ2) is 8.28. The second-order valence-corrected chi connectivity index (χ2v) is 5.14. The summed E-state index contributed by atoms with van der Waals surface area (Å²) in [4.78, 5) is 36.6. The van der Waals surface area contributed by atoms with Gasteiger partial charge in [-0.15, -0.1) is 0 Å². The van der Waals surface area contributed by atoms with E-state index in [0.29, 0.717) is 6.21 Å². The van der Waals surface area contributed by atoms with Crippen molar-refractivity contribution in [2.24, 2.45) is 5.92 Å². The molecule has 1 saturated carbocycles. The normalized spacial score (nSPS) is 17.6. The largest absolute Gasteiger partial charge is 0.480 e. The van der Waals surface area contributed by atoms with Crippen LogP contribution in [0.2, 0.25) is 0 Å². The van der Waals surface area contributed by atoms with E-state index in [2.05, 4.69) is 10.1 Å². The lowest BCUT2D eigenvalue weighted by molar-refractivity contribution is -0.144. The van der Waals surface area contributed by atoms with Gasteiger partial charge in [0, 0.05) is 6.42 Å². The molecule has 0 aromatic rings. The van der Waals surface area contributed by atoms with E-state index >= 15 is 0 Å². The zero-order chi connectivity index (χ0) is 15.8. The molecule has 0 aromatic heterocycles. The van der Waals surface area contributed by atoms with Crippen molar-refractivity contribution >= 4 is 23.9 Å². The first-order valence-electron chi connectivity index (χ1n) is 6.87. The Morgan fingerprint density at radius 3 is 2.48 bits per heavy atom. The van der Waals surface area contributed by atoms with E-state index in [1.165, 1.54) is 0 Å². The molecule has 21 heavy (non-hydrogen) atoms. The highest BCUT2D eigenvalue weighted by atomic mass is 16.4. The highest BCUT2D eigenvalue weighted by molar-refractivity contribution is 6.25. The van der Waals surface area contributed by atoms with Gasteiger partial charge in [-0.25, -0.2) is 4.79 Å². The van der Waals surface area contributed by atoms with Gasteiger partial charge in [0.05, 0.1) is 0 Å².